The molecule has 5 heteroatoms. The van der Waals surface area contributed by atoms with Gasteiger partial charge in [-0.1, -0.05) is 0 Å². The van der Waals surface area contributed by atoms with Crippen molar-refractivity contribution in [3.8, 4) is 5.75 Å². The number of anilines is 2. The Labute approximate surface area is 122 Å². The van der Waals surface area contributed by atoms with Crippen LogP contribution in [0.2, 0.25) is 0 Å². The molecule has 0 saturated heterocycles. The minimum atomic E-state index is -0.427. The van der Waals surface area contributed by atoms with E-state index in [0.29, 0.717) is 5.69 Å². The van der Waals surface area contributed by atoms with Crippen molar-refractivity contribution < 1.29 is 13.9 Å². The summed E-state index contributed by atoms with van der Waals surface area (Å²) in [6, 6.07) is 12.5. The third kappa shape index (κ3) is 4.21. The Hall–Kier alpha value is -2.56. The number of hydrogen-bond donors (Lipinski definition) is 2. The molecule has 2 aromatic rings. The average molecular weight is 288 g/mol. The largest absolute Gasteiger partial charge is 0.497 e. The van der Waals surface area contributed by atoms with E-state index in [1.165, 1.54) is 24.3 Å². The van der Waals surface area contributed by atoms with E-state index in [1.807, 2.05) is 24.3 Å². The van der Waals surface area contributed by atoms with Crippen LogP contribution in [0.4, 0.5) is 15.8 Å². The van der Waals surface area contributed by atoms with Gasteiger partial charge in [0.25, 0.3) is 0 Å². The molecule has 21 heavy (non-hydrogen) atoms. The summed E-state index contributed by atoms with van der Waals surface area (Å²) in [4.78, 5) is 12.0. The smallest absolute Gasteiger partial charge is 0.246 e. The minimum absolute atomic E-state index is 0.197. The third-order valence-corrected chi connectivity index (χ3v) is 2.98. The number of hydrogen-bond acceptors (Lipinski definition) is 3. The second-order valence-electron chi connectivity index (χ2n) is 4.59. The molecule has 0 radical (unpaired) electrons. The Bertz CT molecular complexity index is 597. The summed E-state index contributed by atoms with van der Waals surface area (Å²) in [5.41, 5.74) is 1.38. The van der Waals surface area contributed by atoms with E-state index in [2.05, 4.69) is 10.6 Å². The first-order valence-electron chi connectivity index (χ1n) is 6.55. The highest BCUT2D eigenvalue weighted by Crippen LogP contribution is 2.16. The van der Waals surface area contributed by atoms with E-state index < -0.39 is 6.04 Å². The molecular weight excluding hydrogens is 271 g/mol. The highest BCUT2D eigenvalue weighted by Gasteiger charge is 2.12. The maximum absolute atomic E-state index is 12.8. The lowest BCUT2D eigenvalue weighted by molar-refractivity contribution is -0.116. The van der Waals surface area contributed by atoms with Gasteiger partial charge in [-0.3, -0.25) is 4.79 Å². The number of rotatable bonds is 5. The molecule has 1 amide bonds. The molecule has 0 aliphatic rings. The number of carbonyl (C=O) groups excluding carboxylic acids is 1. The maximum Gasteiger partial charge on any atom is 0.246 e. The Balaban J connectivity index is 1.93. The Kier molecular flexibility index (Phi) is 4.77. The fraction of sp³-hybridized carbons (Fsp3) is 0.188. The van der Waals surface area contributed by atoms with Gasteiger partial charge in [-0.25, -0.2) is 4.39 Å². The Morgan fingerprint density at radius 1 is 1.05 bits per heavy atom. The van der Waals surface area contributed by atoms with Gasteiger partial charge in [-0.15, -0.1) is 0 Å². The molecule has 0 unspecified atom stereocenters. The van der Waals surface area contributed by atoms with Gasteiger partial charge in [-0.05, 0) is 55.5 Å². The van der Waals surface area contributed by atoms with Crippen LogP contribution >= 0.6 is 0 Å². The lowest BCUT2D eigenvalue weighted by Crippen LogP contribution is -2.31. The van der Waals surface area contributed by atoms with Gasteiger partial charge in [0.15, 0.2) is 0 Å². The molecule has 0 aromatic heterocycles. The van der Waals surface area contributed by atoms with Gasteiger partial charge in [0.05, 0.1) is 7.11 Å². The molecule has 0 spiro atoms. The first kappa shape index (κ1) is 14.8. The fourth-order valence-electron chi connectivity index (χ4n) is 1.79. The standard InChI is InChI=1S/C16H17FN2O2/c1-11(18-13-7-9-15(21-2)10-8-13)16(20)19-14-5-3-12(17)4-6-14/h3-11,18H,1-2H3,(H,19,20)/t11-/m0/s1. The molecule has 110 valence electrons. The van der Waals surface area contributed by atoms with Crippen LogP contribution in [0.25, 0.3) is 0 Å². The summed E-state index contributed by atoms with van der Waals surface area (Å²) in [6.45, 7) is 1.75. The molecule has 0 aliphatic carbocycles. The number of methoxy groups -OCH3 is 1. The van der Waals surface area contributed by atoms with Gasteiger partial charge >= 0.3 is 0 Å². The molecular formula is C16H17FN2O2. The SMILES string of the molecule is COc1ccc(N[C@@H](C)C(=O)Nc2ccc(F)cc2)cc1. The van der Waals surface area contributed by atoms with Crippen molar-refractivity contribution in [2.45, 2.75) is 13.0 Å². The Morgan fingerprint density at radius 2 is 1.62 bits per heavy atom. The van der Waals surface area contributed by atoms with E-state index in [9.17, 15) is 9.18 Å². The van der Waals surface area contributed by atoms with E-state index in [1.54, 1.807) is 14.0 Å². The van der Waals surface area contributed by atoms with Crippen molar-refractivity contribution in [2.75, 3.05) is 17.7 Å². The van der Waals surface area contributed by atoms with Crippen molar-refractivity contribution >= 4 is 17.3 Å². The zero-order chi connectivity index (χ0) is 15.2. The lowest BCUT2D eigenvalue weighted by atomic mass is 10.2. The van der Waals surface area contributed by atoms with Crippen molar-refractivity contribution in [3.05, 3.63) is 54.3 Å². The molecule has 1 atom stereocenters. The molecule has 0 saturated carbocycles. The van der Waals surface area contributed by atoms with Crippen LogP contribution in [0.15, 0.2) is 48.5 Å². The molecule has 0 fully saturated rings. The van der Waals surface area contributed by atoms with Crippen LogP contribution in [-0.4, -0.2) is 19.1 Å². The van der Waals surface area contributed by atoms with E-state index >= 15 is 0 Å². The summed E-state index contributed by atoms with van der Waals surface area (Å²) in [5, 5.41) is 5.80. The normalized spacial score (nSPS) is 11.6. The van der Waals surface area contributed by atoms with E-state index in [0.717, 1.165) is 11.4 Å². The molecule has 2 rings (SSSR count). The van der Waals surface area contributed by atoms with Crippen LogP contribution < -0.4 is 15.4 Å². The summed E-state index contributed by atoms with van der Waals surface area (Å²) in [7, 11) is 1.60. The quantitative estimate of drug-likeness (QED) is 0.887. The van der Waals surface area contributed by atoms with Gasteiger partial charge in [0, 0.05) is 11.4 Å². The van der Waals surface area contributed by atoms with Crippen LogP contribution in [-0.2, 0) is 4.79 Å². The second-order valence-corrected chi connectivity index (χ2v) is 4.59. The molecule has 4 nitrogen and oxygen atoms in total. The van der Waals surface area contributed by atoms with Crippen LogP contribution in [0.1, 0.15) is 6.92 Å². The average Bonchev–Trinajstić information content (AvgIpc) is 2.50. The topological polar surface area (TPSA) is 50.4 Å². The number of ether oxygens (including phenoxy) is 1. The maximum atomic E-state index is 12.8. The van der Waals surface area contributed by atoms with Gasteiger partial charge in [-0.2, -0.15) is 0 Å². The summed E-state index contributed by atoms with van der Waals surface area (Å²) < 4.78 is 17.9. The number of halogens is 1. The van der Waals surface area contributed by atoms with E-state index in [-0.39, 0.29) is 11.7 Å². The van der Waals surface area contributed by atoms with Gasteiger partial charge in [0.2, 0.25) is 5.91 Å². The first-order chi connectivity index (χ1) is 10.1. The van der Waals surface area contributed by atoms with Gasteiger partial charge in [0.1, 0.15) is 17.6 Å². The number of benzene rings is 2. The summed E-state index contributed by atoms with van der Waals surface area (Å²) >= 11 is 0. The predicted molar refractivity (Wildman–Crippen MR) is 81.1 cm³/mol. The second kappa shape index (κ2) is 6.74. The van der Waals surface area contributed by atoms with Gasteiger partial charge < -0.3 is 15.4 Å². The fourth-order valence-corrected chi connectivity index (χ4v) is 1.79. The first-order valence-corrected chi connectivity index (χ1v) is 6.55. The van der Waals surface area contributed by atoms with E-state index in [4.69, 9.17) is 4.74 Å². The Morgan fingerprint density at radius 3 is 2.19 bits per heavy atom. The van der Waals surface area contributed by atoms with Crippen molar-refractivity contribution in [2.24, 2.45) is 0 Å². The molecule has 2 aromatic carbocycles. The molecule has 0 heterocycles. The monoisotopic (exact) mass is 288 g/mol. The lowest BCUT2D eigenvalue weighted by Gasteiger charge is -2.15. The van der Waals surface area contributed by atoms with Crippen molar-refractivity contribution in [3.63, 3.8) is 0 Å². The molecule has 2 N–H and O–H groups in total. The molecule has 0 bridgehead atoms. The summed E-state index contributed by atoms with van der Waals surface area (Å²) in [5.74, 6) is 0.221. The number of carbonyl (C=O) groups is 1. The zero-order valence-corrected chi connectivity index (χ0v) is 11.9. The highest BCUT2D eigenvalue weighted by atomic mass is 19.1. The number of nitrogens with one attached hydrogen (secondary N) is 2. The van der Waals surface area contributed by atoms with Crippen LogP contribution in [0, 0.1) is 5.82 Å². The third-order valence-electron chi connectivity index (χ3n) is 2.98. The highest BCUT2D eigenvalue weighted by molar-refractivity contribution is 5.96. The predicted octanol–water partition coefficient (Wildman–Crippen LogP) is 3.27. The zero-order valence-electron chi connectivity index (χ0n) is 11.9. The summed E-state index contributed by atoms with van der Waals surface area (Å²) in [6.07, 6.45) is 0. The molecule has 0 aliphatic heterocycles. The van der Waals surface area contributed by atoms with Crippen LogP contribution in [0.3, 0.4) is 0 Å². The number of amides is 1. The van der Waals surface area contributed by atoms with Crippen molar-refractivity contribution in [1.29, 1.82) is 0 Å². The van der Waals surface area contributed by atoms with Crippen LogP contribution in [0.5, 0.6) is 5.75 Å². The van der Waals surface area contributed by atoms with Crippen molar-refractivity contribution in [1.82, 2.24) is 0 Å². The minimum Gasteiger partial charge on any atom is -0.497 e.